The Kier molecular flexibility index (Phi) is 8.47. The predicted molar refractivity (Wildman–Crippen MR) is 136 cm³/mol. The second-order valence-electron chi connectivity index (χ2n) is 8.41. The van der Waals surface area contributed by atoms with Gasteiger partial charge in [0.05, 0.1) is 25.8 Å². The highest BCUT2D eigenvalue weighted by Gasteiger charge is 2.36. The maximum atomic E-state index is 13.6. The van der Waals surface area contributed by atoms with Crippen molar-refractivity contribution >= 4 is 27.6 Å². The van der Waals surface area contributed by atoms with Crippen LogP contribution in [0.3, 0.4) is 0 Å². The molecule has 0 spiro atoms. The van der Waals surface area contributed by atoms with Crippen molar-refractivity contribution in [3.63, 3.8) is 0 Å². The Morgan fingerprint density at radius 1 is 1.14 bits per heavy atom. The number of nitrogens with zero attached hydrogens (tertiary/aromatic N) is 5. The fourth-order valence-corrected chi connectivity index (χ4v) is 5.43. The lowest BCUT2D eigenvalue weighted by molar-refractivity contribution is 0.0775. The third-order valence-electron chi connectivity index (χ3n) is 6.14. The number of aromatic nitrogens is 5. The van der Waals surface area contributed by atoms with Crippen LogP contribution in [-0.2, 0) is 19.5 Å². The van der Waals surface area contributed by atoms with Gasteiger partial charge in [0.1, 0.15) is 34.4 Å². The van der Waals surface area contributed by atoms with Crippen molar-refractivity contribution < 1.29 is 27.4 Å². The molecule has 1 N–H and O–H groups in total. The van der Waals surface area contributed by atoms with Crippen LogP contribution in [-0.4, -0.2) is 72.9 Å². The zero-order chi connectivity index (χ0) is 26.6. The van der Waals surface area contributed by atoms with Crippen LogP contribution < -0.4 is 14.2 Å². The molecule has 1 saturated heterocycles. The minimum absolute atomic E-state index is 0.0258. The molecule has 0 radical (unpaired) electrons. The van der Waals surface area contributed by atoms with Gasteiger partial charge < -0.3 is 18.9 Å². The molecule has 14 heteroatoms. The first-order chi connectivity index (χ1) is 17.8. The number of benzene rings is 1. The first-order valence-electron chi connectivity index (χ1n) is 11.6. The summed E-state index contributed by atoms with van der Waals surface area (Å²) in [5.74, 6) is 1.47. The molecule has 1 fully saturated rings. The van der Waals surface area contributed by atoms with Gasteiger partial charge in [-0.25, -0.2) is 18.4 Å². The Labute approximate surface area is 220 Å². The van der Waals surface area contributed by atoms with E-state index in [-0.39, 0.29) is 17.7 Å². The van der Waals surface area contributed by atoms with Crippen LogP contribution in [0.2, 0.25) is 5.02 Å². The van der Waals surface area contributed by atoms with E-state index in [2.05, 4.69) is 24.9 Å². The molecule has 37 heavy (non-hydrogen) atoms. The molecule has 200 valence electrons. The zero-order valence-electron chi connectivity index (χ0n) is 20.9. The number of hydrogen-bond donors (Lipinski definition) is 1. The molecular weight excluding hydrogens is 524 g/mol. The average molecular weight is 553 g/mol. The van der Waals surface area contributed by atoms with Crippen LogP contribution >= 0.6 is 11.6 Å². The first kappa shape index (κ1) is 27.0. The lowest BCUT2D eigenvalue weighted by atomic mass is 10.0. The number of methoxy groups -OCH3 is 3. The molecule has 0 saturated carbocycles. The van der Waals surface area contributed by atoms with E-state index in [4.69, 9.17) is 30.5 Å². The van der Waals surface area contributed by atoms with E-state index in [9.17, 15) is 8.42 Å². The van der Waals surface area contributed by atoms with Gasteiger partial charge in [0.15, 0.2) is 5.82 Å². The van der Waals surface area contributed by atoms with Gasteiger partial charge >= 0.3 is 0 Å². The van der Waals surface area contributed by atoms with E-state index >= 15 is 0 Å². The van der Waals surface area contributed by atoms with E-state index in [1.165, 1.54) is 40.6 Å². The minimum atomic E-state index is -4.09. The topological polar surface area (TPSA) is 140 Å². The SMILES string of the molecule is COc1cccc(OC)c1-n1c(NS(=O)(=O)C(C)C(OC)c2ncc(Cl)cn2)nnc1[C@@H]1CCCOC1. The fraction of sp³-hybridized carbons (Fsp3) is 0.478. The smallest absolute Gasteiger partial charge is 0.243 e. The van der Waals surface area contributed by atoms with Crippen LogP contribution in [0.1, 0.15) is 43.4 Å². The molecule has 0 aliphatic carbocycles. The van der Waals surface area contributed by atoms with Crippen molar-refractivity contribution in [2.24, 2.45) is 0 Å². The van der Waals surface area contributed by atoms with Gasteiger partial charge in [0, 0.05) is 32.0 Å². The maximum absolute atomic E-state index is 13.6. The van der Waals surface area contributed by atoms with Gasteiger partial charge in [-0.15, -0.1) is 10.2 Å². The van der Waals surface area contributed by atoms with Gasteiger partial charge in [0.2, 0.25) is 16.0 Å². The Bertz CT molecular complexity index is 1290. The van der Waals surface area contributed by atoms with Gasteiger partial charge in [-0.1, -0.05) is 17.7 Å². The second kappa shape index (κ2) is 11.6. The number of sulfonamides is 1. The number of ether oxygens (including phenoxy) is 4. The molecule has 3 aromatic rings. The summed E-state index contributed by atoms with van der Waals surface area (Å²) in [7, 11) is 0.335. The van der Waals surface area contributed by atoms with E-state index in [1.54, 1.807) is 22.8 Å². The summed E-state index contributed by atoms with van der Waals surface area (Å²) in [6.07, 6.45) is 3.43. The number of para-hydroxylation sites is 1. The van der Waals surface area contributed by atoms with Crippen molar-refractivity contribution in [3.05, 3.63) is 47.3 Å². The van der Waals surface area contributed by atoms with E-state index < -0.39 is 21.4 Å². The van der Waals surface area contributed by atoms with Crippen LogP contribution in [0.25, 0.3) is 5.69 Å². The lowest BCUT2D eigenvalue weighted by Gasteiger charge is -2.25. The minimum Gasteiger partial charge on any atom is -0.494 e. The number of anilines is 1. The molecule has 2 aromatic heterocycles. The summed E-state index contributed by atoms with van der Waals surface area (Å²) in [6.45, 7) is 2.58. The first-order valence-corrected chi connectivity index (χ1v) is 13.5. The second-order valence-corrected chi connectivity index (χ2v) is 10.9. The number of nitrogens with one attached hydrogen (secondary N) is 1. The molecular formula is C23H29ClN6O6S. The number of rotatable bonds is 10. The number of hydrogen-bond acceptors (Lipinski definition) is 10. The molecule has 12 nitrogen and oxygen atoms in total. The summed E-state index contributed by atoms with van der Waals surface area (Å²) >= 11 is 5.88. The van der Waals surface area contributed by atoms with Crippen molar-refractivity contribution in [2.45, 2.75) is 37.0 Å². The van der Waals surface area contributed by atoms with E-state index in [1.807, 2.05) is 0 Å². The van der Waals surface area contributed by atoms with Crippen molar-refractivity contribution in [1.82, 2.24) is 24.7 Å². The highest BCUT2D eigenvalue weighted by molar-refractivity contribution is 7.93. The molecule has 1 aliphatic rings. The summed E-state index contributed by atoms with van der Waals surface area (Å²) in [5, 5.41) is 7.81. The zero-order valence-corrected chi connectivity index (χ0v) is 22.5. The maximum Gasteiger partial charge on any atom is 0.243 e. The van der Waals surface area contributed by atoms with Crippen molar-refractivity contribution in [1.29, 1.82) is 0 Å². The van der Waals surface area contributed by atoms with Crippen LogP contribution in [0.4, 0.5) is 5.95 Å². The van der Waals surface area contributed by atoms with Crippen molar-refractivity contribution in [2.75, 3.05) is 39.3 Å². The Morgan fingerprint density at radius 2 is 1.81 bits per heavy atom. The molecule has 3 atom stereocenters. The van der Waals surface area contributed by atoms with Crippen LogP contribution in [0.15, 0.2) is 30.6 Å². The quantitative estimate of drug-likeness (QED) is 0.399. The van der Waals surface area contributed by atoms with E-state index in [0.29, 0.717) is 41.2 Å². The summed E-state index contributed by atoms with van der Waals surface area (Å²) in [4.78, 5) is 8.25. The molecule has 1 aromatic carbocycles. The normalized spacial score (nSPS) is 17.7. The monoisotopic (exact) mass is 552 g/mol. The van der Waals surface area contributed by atoms with Crippen LogP contribution in [0, 0.1) is 0 Å². The van der Waals surface area contributed by atoms with Gasteiger partial charge in [-0.05, 0) is 31.9 Å². The average Bonchev–Trinajstić information content (AvgIpc) is 3.32. The third kappa shape index (κ3) is 5.64. The standard InChI is InChI=1S/C23H29ClN6O6S/c1-14(20(35-4)21-25-11-16(24)12-26-21)37(31,32)29-23-28-27-22(15-7-6-10-36-13-15)30(23)19-17(33-2)8-5-9-18(19)34-3/h5,8-9,11-12,14-15,20H,6-7,10,13H2,1-4H3,(H,28,29)/t14?,15-,20?/m1/s1. The molecule has 2 unspecified atom stereocenters. The molecule has 0 amide bonds. The van der Waals surface area contributed by atoms with Gasteiger partial charge in [0.25, 0.3) is 0 Å². The Balaban J connectivity index is 1.78. The predicted octanol–water partition coefficient (Wildman–Crippen LogP) is 3.14. The molecule has 4 rings (SSSR count). The van der Waals surface area contributed by atoms with Gasteiger partial charge in [-0.3, -0.25) is 9.29 Å². The largest absolute Gasteiger partial charge is 0.494 e. The van der Waals surface area contributed by atoms with Crippen molar-refractivity contribution in [3.8, 4) is 17.2 Å². The van der Waals surface area contributed by atoms with Gasteiger partial charge in [-0.2, -0.15) is 0 Å². The van der Waals surface area contributed by atoms with E-state index in [0.717, 1.165) is 12.8 Å². The van der Waals surface area contributed by atoms with Crippen LogP contribution in [0.5, 0.6) is 11.5 Å². The Hall–Kier alpha value is -3.00. The third-order valence-corrected chi connectivity index (χ3v) is 8.03. The fourth-order valence-electron chi connectivity index (χ4n) is 4.20. The molecule has 1 aliphatic heterocycles. The summed E-state index contributed by atoms with van der Waals surface area (Å²) in [5.41, 5.74) is 0.466. The lowest BCUT2D eigenvalue weighted by Crippen LogP contribution is -2.33. The Morgan fingerprint density at radius 3 is 2.38 bits per heavy atom. The summed E-state index contributed by atoms with van der Waals surface area (Å²) < 4.78 is 53.7. The highest BCUT2D eigenvalue weighted by Crippen LogP contribution is 2.38. The molecule has 0 bridgehead atoms. The summed E-state index contributed by atoms with van der Waals surface area (Å²) in [6, 6.07) is 5.27. The number of halogens is 1. The highest BCUT2D eigenvalue weighted by atomic mass is 35.5. The molecule has 3 heterocycles.